The molecule has 100 valence electrons. The quantitative estimate of drug-likeness (QED) is 0.811. The molecule has 0 aliphatic heterocycles. The fourth-order valence-electron chi connectivity index (χ4n) is 2.49. The summed E-state index contributed by atoms with van der Waals surface area (Å²) in [4.78, 5) is 0. The van der Waals surface area contributed by atoms with Crippen molar-refractivity contribution in [2.24, 2.45) is 0 Å². The van der Waals surface area contributed by atoms with Gasteiger partial charge in [-0.25, -0.2) is 8.78 Å². The van der Waals surface area contributed by atoms with Gasteiger partial charge in [-0.15, -0.1) is 0 Å². The highest BCUT2D eigenvalue weighted by Crippen LogP contribution is 2.27. The Balaban J connectivity index is 1.97. The van der Waals surface area contributed by atoms with Crippen molar-refractivity contribution in [1.29, 1.82) is 0 Å². The average molecular weight is 255 g/mol. The van der Waals surface area contributed by atoms with E-state index in [9.17, 15) is 13.9 Å². The predicted molar refractivity (Wildman–Crippen MR) is 67.5 cm³/mol. The molecule has 4 heteroatoms. The van der Waals surface area contributed by atoms with Crippen molar-refractivity contribution in [3.63, 3.8) is 0 Å². The number of anilines is 1. The Morgan fingerprint density at radius 3 is 2.11 bits per heavy atom. The molecule has 1 fully saturated rings. The van der Waals surface area contributed by atoms with Gasteiger partial charge >= 0.3 is 0 Å². The Morgan fingerprint density at radius 2 is 1.56 bits per heavy atom. The summed E-state index contributed by atoms with van der Waals surface area (Å²) < 4.78 is 26.0. The van der Waals surface area contributed by atoms with E-state index < -0.39 is 17.2 Å². The predicted octanol–water partition coefficient (Wildman–Crippen LogP) is 3.46. The lowest BCUT2D eigenvalue weighted by atomic mass is 9.94. The Morgan fingerprint density at radius 1 is 1.00 bits per heavy atom. The molecule has 2 nitrogen and oxygen atoms in total. The lowest BCUT2D eigenvalue weighted by molar-refractivity contribution is 0.0381. The summed E-state index contributed by atoms with van der Waals surface area (Å²) in [7, 11) is 0. The third-order valence-electron chi connectivity index (χ3n) is 3.52. The van der Waals surface area contributed by atoms with Crippen LogP contribution in [0.4, 0.5) is 14.5 Å². The molecule has 1 aliphatic carbocycles. The standard InChI is InChI=1S/C14H19F2NO/c15-11-7-12(16)9-13(8-11)17-10-14(18)5-3-1-2-4-6-14/h7-9,17-18H,1-6,10H2. The highest BCUT2D eigenvalue weighted by atomic mass is 19.1. The fraction of sp³-hybridized carbons (Fsp3) is 0.571. The molecule has 1 aliphatic rings. The third kappa shape index (κ3) is 3.67. The molecular weight excluding hydrogens is 236 g/mol. The van der Waals surface area contributed by atoms with Crippen molar-refractivity contribution >= 4 is 5.69 Å². The van der Waals surface area contributed by atoms with Gasteiger partial charge in [0, 0.05) is 18.3 Å². The summed E-state index contributed by atoms with van der Waals surface area (Å²) >= 11 is 0. The topological polar surface area (TPSA) is 32.3 Å². The monoisotopic (exact) mass is 255 g/mol. The second kappa shape index (κ2) is 5.65. The number of benzene rings is 1. The Labute approximate surface area is 106 Å². The smallest absolute Gasteiger partial charge is 0.128 e. The molecule has 1 saturated carbocycles. The van der Waals surface area contributed by atoms with Gasteiger partial charge in [0.2, 0.25) is 0 Å². The zero-order valence-corrected chi connectivity index (χ0v) is 10.4. The van der Waals surface area contributed by atoms with Crippen LogP contribution in [0.3, 0.4) is 0 Å². The Kier molecular flexibility index (Phi) is 4.17. The lowest BCUT2D eigenvalue weighted by Gasteiger charge is -2.27. The molecule has 0 aromatic heterocycles. The highest BCUT2D eigenvalue weighted by Gasteiger charge is 2.27. The van der Waals surface area contributed by atoms with Crippen LogP contribution in [0.2, 0.25) is 0 Å². The summed E-state index contributed by atoms with van der Waals surface area (Å²) in [5.41, 5.74) is -0.371. The van der Waals surface area contributed by atoms with Crippen molar-refractivity contribution in [2.75, 3.05) is 11.9 Å². The lowest BCUT2D eigenvalue weighted by Crippen LogP contribution is -2.36. The maximum atomic E-state index is 13.0. The molecule has 0 atom stereocenters. The number of hydrogen-bond donors (Lipinski definition) is 2. The molecule has 0 bridgehead atoms. The third-order valence-corrected chi connectivity index (χ3v) is 3.52. The largest absolute Gasteiger partial charge is 0.388 e. The van der Waals surface area contributed by atoms with Gasteiger partial charge in [-0.3, -0.25) is 0 Å². The minimum absolute atomic E-state index is 0.343. The van der Waals surface area contributed by atoms with Crippen LogP contribution in [0.25, 0.3) is 0 Å². The SMILES string of the molecule is OC1(CNc2cc(F)cc(F)c2)CCCCCC1. The number of halogens is 2. The summed E-state index contributed by atoms with van der Waals surface area (Å²) in [6.07, 6.45) is 5.81. The first-order valence-corrected chi connectivity index (χ1v) is 6.50. The second-order valence-electron chi connectivity index (χ2n) is 5.15. The average Bonchev–Trinajstić information content (AvgIpc) is 2.51. The molecule has 0 unspecified atom stereocenters. The van der Waals surface area contributed by atoms with E-state index in [1.807, 2.05) is 0 Å². The van der Waals surface area contributed by atoms with Gasteiger partial charge in [0.1, 0.15) is 11.6 Å². The van der Waals surface area contributed by atoms with E-state index in [-0.39, 0.29) is 0 Å². The summed E-state index contributed by atoms with van der Waals surface area (Å²) in [6, 6.07) is 3.32. The van der Waals surface area contributed by atoms with Crippen LogP contribution >= 0.6 is 0 Å². The molecular formula is C14H19F2NO. The van der Waals surface area contributed by atoms with E-state index in [2.05, 4.69) is 5.32 Å². The number of nitrogens with one attached hydrogen (secondary N) is 1. The normalized spacial score (nSPS) is 19.3. The maximum Gasteiger partial charge on any atom is 0.128 e. The summed E-state index contributed by atoms with van der Waals surface area (Å²) in [5.74, 6) is -1.21. The van der Waals surface area contributed by atoms with E-state index in [1.54, 1.807) is 0 Å². The van der Waals surface area contributed by atoms with Gasteiger partial charge in [-0.2, -0.15) is 0 Å². The zero-order valence-electron chi connectivity index (χ0n) is 10.4. The highest BCUT2D eigenvalue weighted by molar-refractivity contribution is 5.44. The summed E-state index contributed by atoms with van der Waals surface area (Å²) in [5, 5.41) is 13.3. The molecule has 0 radical (unpaired) electrons. The van der Waals surface area contributed by atoms with E-state index in [4.69, 9.17) is 0 Å². The Hall–Kier alpha value is -1.16. The molecule has 0 amide bonds. The fourth-order valence-corrected chi connectivity index (χ4v) is 2.49. The van der Waals surface area contributed by atoms with E-state index in [0.29, 0.717) is 12.2 Å². The van der Waals surface area contributed by atoms with E-state index in [0.717, 1.165) is 44.6 Å². The van der Waals surface area contributed by atoms with Crippen molar-refractivity contribution in [2.45, 2.75) is 44.1 Å². The minimum atomic E-state index is -0.751. The Bertz CT molecular complexity index is 381. The second-order valence-corrected chi connectivity index (χ2v) is 5.15. The maximum absolute atomic E-state index is 13.0. The van der Waals surface area contributed by atoms with Gasteiger partial charge in [0.15, 0.2) is 0 Å². The van der Waals surface area contributed by atoms with Gasteiger partial charge in [0.25, 0.3) is 0 Å². The van der Waals surface area contributed by atoms with Crippen LogP contribution in [0, 0.1) is 11.6 Å². The van der Waals surface area contributed by atoms with Gasteiger partial charge < -0.3 is 10.4 Å². The van der Waals surface area contributed by atoms with Crippen molar-refractivity contribution < 1.29 is 13.9 Å². The van der Waals surface area contributed by atoms with Crippen LogP contribution in [0.1, 0.15) is 38.5 Å². The molecule has 1 aromatic rings. The number of aliphatic hydroxyl groups is 1. The van der Waals surface area contributed by atoms with Crippen LogP contribution in [-0.2, 0) is 0 Å². The molecule has 0 heterocycles. The van der Waals surface area contributed by atoms with Crippen LogP contribution < -0.4 is 5.32 Å². The van der Waals surface area contributed by atoms with Crippen molar-refractivity contribution in [3.8, 4) is 0 Å². The molecule has 1 aromatic carbocycles. The van der Waals surface area contributed by atoms with Gasteiger partial charge in [-0.05, 0) is 25.0 Å². The molecule has 18 heavy (non-hydrogen) atoms. The molecule has 2 N–H and O–H groups in total. The first kappa shape index (κ1) is 13.3. The van der Waals surface area contributed by atoms with Gasteiger partial charge in [0.05, 0.1) is 5.60 Å². The van der Waals surface area contributed by atoms with Crippen LogP contribution in [-0.4, -0.2) is 17.3 Å². The molecule has 0 saturated heterocycles. The van der Waals surface area contributed by atoms with Crippen molar-refractivity contribution in [1.82, 2.24) is 0 Å². The number of hydrogen-bond acceptors (Lipinski definition) is 2. The van der Waals surface area contributed by atoms with Crippen molar-refractivity contribution in [3.05, 3.63) is 29.8 Å². The molecule has 2 rings (SSSR count). The number of rotatable bonds is 3. The van der Waals surface area contributed by atoms with Gasteiger partial charge in [-0.1, -0.05) is 25.7 Å². The first-order chi connectivity index (χ1) is 8.57. The minimum Gasteiger partial charge on any atom is -0.388 e. The van der Waals surface area contributed by atoms with Crippen LogP contribution in [0.5, 0.6) is 0 Å². The first-order valence-electron chi connectivity index (χ1n) is 6.50. The zero-order chi connectivity index (χ0) is 13.0. The van der Waals surface area contributed by atoms with Crippen LogP contribution in [0.15, 0.2) is 18.2 Å². The van der Waals surface area contributed by atoms with E-state index in [1.165, 1.54) is 12.1 Å². The van der Waals surface area contributed by atoms with E-state index >= 15 is 0 Å². The summed E-state index contributed by atoms with van der Waals surface area (Å²) in [6.45, 7) is 0.343. The molecule has 0 spiro atoms.